The van der Waals surface area contributed by atoms with Gasteiger partial charge in [-0.05, 0) is 27.2 Å². The Bertz CT molecular complexity index is 537. The molecule has 1 aromatic rings. The van der Waals surface area contributed by atoms with Gasteiger partial charge in [0.2, 0.25) is 0 Å². The highest BCUT2D eigenvalue weighted by atomic mass is 35.5. The molecule has 0 spiro atoms. The fourth-order valence-electron chi connectivity index (χ4n) is 1.85. The summed E-state index contributed by atoms with van der Waals surface area (Å²) in [7, 11) is 1.46. The van der Waals surface area contributed by atoms with Gasteiger partial charge in [-0.3, -0.25) is 0 Å². The maximum absolute atomic E-state index is 11.7. The molecule has 0 fully saturated rings. The normalized spacial score (nSPS) is 11.1. The van der Waals surface area contributed by atoms with Gasteiger partial charge in [-0.15, -0.1) is 0 Å². The number of rotatable bonds is 8. The number of carbonyl (C=O) groups is 1. The van der Waals surface area contributed by atoms with Gasteiger partial charge in [0.1, 0.15) is 16.6 Å². The molecule has 0 aromatic carbocycles. The number of methoxy groups -OCH3 is 1. The minimum atomic E-state index is -0.547. The summed E-state index contributed by atoms with van der Waals surface area (Å²) in [6, 6.07) is 1.76. The van der Waals surface area contributed by atoms with Crippen LogP contribution in [-0.2, 0) is 4.74 Å². The SMILES string of the molecule is COc1nc(Cl)cc(N(CCCO)CCNC(=O)OC(C)(C)C)n1. The Labute approximate surface area is 147 Å². The number of hydrogen-bond donors (Lipinski definition) is 2. The summed E-state index contributed by atoms with van der Waals surface area (Å²) < 4.78 is 10.2. The topological polar surface area (TPSA) is 96.8 Å². The highest BCUT2D eigenvalue weighted by molar-refractivity contribution is 6.29. The molecule has 0 bridgehead atoms. The summed E-state index contributed by atoms with van der Waals surface area (Å²) in [4.78, 5) is 21.7. The number of carbonyl (C=O) groups excluding carboxylic acids is 1. The molecule has 8 nitrogen and oxygen atoms in total. The van der Waals surface area contributed by atoms with Crippen molar-refractivity contribution in [3.05, 3.63) is 11.2 Å². The molecule has 1 heterocycles. The molecule has 24 heavy (non-hydrogen) atoms. The first-order valence-electron chi connectivity index (χ1n) is 7.66. The summed E-state index contributed by atoms with van der Waals surface area (Å²) in [6.07, 6.45) is 0.0685. The maximum atomic E-state index is 11.7. The van der Waals surface area contributed by atoms with Gasteiger partial charge in [0.05, 0.1) is 7.11 Å². The molecule has 2 N–H and O–H groups in total. The second-order valence-electron chi connectivity index (χ2n) is 6.03. The number of aromatic nitrogens is 2. The smallest absolute Gasteiger partial charge is 0.407 e. The number of nitrogens with one attached hydrogen (secondary N) is 1. The number of halogens is 1. The Hall–Kier alpha value is -1.80. The van der Waals surface area contributed by atoms with Gasteiger partial charge < -0.3 is 24.8 Å². The molecular formula is C15H25ClN4O4. The Morgan fingerprint density at radius 3 is 2.67 bits per heavy atom. The van der Waals surface area contributed by atoms with Gasteiger partial charge in [-0.25, -0.2) is 4.79 Å². The fourth-order valence-corrected chi connectivity index (χ4v) is 2.02. The summed E-state index contributed by atoms with van der Waals surface area (Å²) >= 11 is 5.97. The van der Waals surface area contributed by atoms with Crippen LogP contribution in [0.2, 0.25) is 5.15 Å². The molecule has 0 atom stereocenters. The van der Waals surface area contributed by atoms with Crippen molar-refractivity contribution in [2.75, 3.05) is 38.3 Å². The van der Waals surface area contributed by atoms with Crippen molar-refractivity contribution in [1.82, 2.24) is 15.3 Å². The molecule has 0 aliphatic carbocycles. The van der Waals surface area contributed by atoms with Crippen LogP contribution in [0.15, 0.2) is 6.07 Å². The molecule has 0 unspecified atom stereocenters. The van der Waals surface area contributed by atoms with E-state index < -0.39 is 11.7 Å². The molecule has 0 aliphatic heterocycles. The van der Waals surface area contributed by atoms with Crippen molar-refractivity contribution in [2.45, 2.75) is 32.8 Å². The minimum Gasteiger partial charge on any atom is -0.467 e. The van der Waals surface area contributed by atoms with Crippen LogP contribution >= 0.6 is 11.6 Å². The quantitative estimate of drug-likeness (QED) is 0.683. The average molecular weight is 361 g/mol. The Balaban J connectivity index is 2.69. The van der Waals surface area contributed by atoms with Crippen LogP contribution in [0.5, 0.6) is 6.01 Å². The fraction of sp³-hybridized carbons (Fsp3) is 0.667. The highest BCUT2D eigenvalue weighted by Crippen LogP contribution is 2.19. The molecule has 136 valence electrons. The third-order valence-electron chi connectivity index (χ3n) is 2.80. The maximum Gasteiger partial charge on any atom is 0.407 e. The number of ether oxygens (including phenoxy) is 2. The van der Waals surface area contributed by atoms with E-state index in [1.54, 1.807) is 26.8 Å². The number of nitrogens with zero attached hydrogens (tertiary/aromatic N) is 3. The largest absolute Gasteiger partial charge is 0.467 e. The van der Waals surface area contributed by atoms with Gasteiger partial charge in [0.15, 0.2) is 0 Å². The first-order valence-corrected chi connectivity index (χ1v) is 8.04. The second kappa shape index (κ2) is 9.48. The number of aliphatic hydroxyl groups is 1. The highest BCUT2D eigenvalue weighted by Gasteiger charge is 2.16. The first-order chi connectivity index (χ1) is 11.2. The van der Waals surface area contributed by atoms with E-state index in [2.05, 4.69) is 15.3 Å². The van der Waals surface area contributed by atoms with Crippen molar-refractivity contribution < 1.29 is 19.4 Å². The average Bonchev–Trinajstić information content (AvgIpc) is 2.48. The van der Waals surface area contributed by atoms with Crippen molar-refractivity contribution in [3.8, 4) is 6.01 Å². The van der Waals surface area contributed by atoms with E-state index in [-0.39, 0.29) is 17.8 Å². The second-order valence-corrected chi connectivity index (χ2v) is 6.42. The first kappa shape index (κ1) is 20.2. The van der Waals surface area contributed by atoms with Crippen molar-refractivity contribution in [3.63, 3.8) is 0 Å². The third-order valence-corrected chi connectivity index (χ3v) is 3.00. The predicted molar refractivity (Wildman–Crippen MR) is 91.7 cm³/mol. The van der Waals surface area contributed by atoms with Gasteiger partial charge in [0, 0.05) is 32.3 Å². The molecule has 9 heteroatoms. The van der Waals surface area contributed by atoms with Gasteiger partial charge >= 0.3 is 12.1 Å². The molecule has 1 amide bonds. The van der Waals surface area contributed by atoms with E-state index in [1.807, 2.05) is 4.90 Å². The van der Waals surface area contributed by atoms with E-state index in [0.29, 0.717) is 31.9 Å². The van der Waals surface area contributed by atoms with Crippen LogP contribution < -0.4 is 15.0 Å². The molecule has 0 saturated carbocycles. The zero-order valence-electron chi connectivity index (χ0n) is 14.5. The van der Waals surface area contributed by atoms with Crippen LogP contribution in [0.1, 0.15) is 27.2 Å². The lowest BCUT2D eigenvalue weighted by Gasteiger charge is -2.24. The lowest BCUT2D eigenvalue weighted by atomic mass is 10.2. The van der Waals surface area contributed by atoms with Gasteiger partial charge in [-0.1, -0.05) is 11.6 Å². The molecule has 1 rings (SSSR count). The van der Waals surface area contributed by atoms with Crippen LogP contribution in [0, 0.1) is 0 Å². The van der Waals surface area contributed by atoms with Crippen LogP contribution in [-0.4, -0.2) is 60.1 Å². The number of aliphatic hydroxyl groups excluding tert-OH is 1. The van der Waals surface area contributed by atoms with Gasteiger partial charge in [-0.2, -0.15) is 9.97 Å². The van der Waals surface area contributed by atoms with Gasteiger partial charge in [0.25, 0.3) is 0 Å². The standard InChI is InChI=1S/C15H25ClN4O4/c1-15(2,3)24-14(22)17-6-8-20(7-5-9-21)12-10-11(16)18-13(19-12)23-4/h10,21H,5-9H2,1-4H3,(H,17,22). The Morgan fingerprint density at radius 1 is 1.38 bits per heavy atom. The summed E-state index contributed by atoms with van der Waals surface area (Å²) in [5.41, 5.74) is -0.547. The van der Waals surface area contributed by atoms with E-state index in [9.17, 15) is 4.79 Å². The van der Waals surface area contributed by atoms with E-state index in [4.69, 9.17) is 26.2 Å². The summed E-state index contributed by atoms with van der Waals surface area (Å²) in [6.45, 7) is 6.81. The van der Waals surface area contributed by atoms with E-state index in [1.165, 1.54) is 7.11 Å². The predicted octanol–water partition coefficient (Wildman–Crippen LogP) is 1.85. The Morgan fingerprint density at radius 2 is 2.08 bits per heavy atom. The van der Waals surface area contributed by atoms with Crippen LogP contribution in [0.4, 0.5) is 10.6 Å². The van der Waals surface area contributed by atoms with Crippen LogP contribution in [0.25, 0.3) is 0 Å². The van der Waals surface area contributed by atoms with Crippen molar-refractivity contribution in [2.24, 2.45) is 0 Å². The lowest BCUT2D eigenvalue weighted by Crippen LogP contribution is -2.38. The van der Waals surface area contributed by atoms with E-state index in [0.717, 1.165) is 0 Å². The molecule has 0 radical (unpaired) electrons. The lowest BCUT2D eigenvalue weighted by molar-refractivity contribution is 0.0529. The third kappa shape index (κ3) is 7.65. The van der Waals surface area contributed by atoms with Crippen LogP contribution in [0.3, 0.4) is 0 Å². The molecular weight excluding hydrogens is 336 g/mol. The minimum absolute atomic E-state index is 0.0476. The molecule has 1 aromatic heterocycles. The summed E-state index contributed by atoms with van der Waals surface area (Å²) in [5, 5.41) is 12.0. The number of hydrogen-bond acceptors (Lipinski definition) is 7. The number of anilines is 1. The van der Waals surface area contributed by atoms with E-state index >= 15 is 0 Å². The zero-order chi connectivity index (χ0) is 18.2. The Kier molecular flexibility index (Phi) is 8.00. The monoisotopic (exact) mass is 360 g/mol. The zero-order valence-corrected chi connectivity index (χ0v) is 15.3. The molecule has 0 saturated heterocycles. The summed E-state index contributed by atoms with van der Waals surface area (Å²) in [5.74, 6) is 0.561. The van der Waals surface area contributed by atoms with Crippen molar-refractivity contribution >= 4 is 23.5 Å². The molecule has 0 aliphatic rings. The number of amides is 1. The van der Waals surface area contributed by atoms with Crippen molar-refractivity contribution in [1.29, 1.82) is 0 Å². The number of alkyl carbamates (subject to hydrolysis) is 1.